The molecule has 0 saturated heterocycles. The molecule has 2 amide bonds. The molecule has 0 aromatic heterocycles. The van der Waals surface area contributed by atoms with Gasteiger partial charge in [0.15, 0.2) is 5.78 Å². The Hall–Kier alpha value is -2.60. The number of hydrogen-bond donors (Lipinski definition) is 2. The largest absolute Gasteiger partial charge is 0.326 e. The number of hydrogen-bond acceptors (Lipinski definition) is 4. The predicted molar refractivity (Wildman–Crippen MR) is 116 cm³/mol. The van der Waals surface area contributed by atoms with Crippen LogP contribution in [0, 0.1) is 13.8 Å². The molecule has 0 aliphatic carbocycles. The summed E-state index contributed by atoms with van der Waals surface area (Å²) in [7, 11) is 0. The monoisotopic (exact) mass is 398 g/mol. The normalized spacial score (nSPS) is 10.4. The Morgan fingerprint density at radius 2 is 1.54 bits per heavy atom. The van der Waals surface area contributed by atoms with Crippen molar-refractivity contribution in [1.82, 2.24) is 0 Å². The summed E-state index contributed by atoms with van der Waals surface area (Å²) >= 11 is 1.50. The number of carbonyl (C=O) groups is 3. The third-order valence-corrected chi connectivity index (χ3v) is 5.29. The number of thioether (sulfide) groups is 1. The van der Waals surface area contributed by atoms with E-state index < -0.39 is 0 Å². The summed E-state index contributed by atoms with van der Waals surface area (Å²) in [5, 5.41) is 5.77. The summed E-state index contributed by atoms with van der Waals surface area (Å²) in [6, 6.07) is 12.8. The van der Waals surface area contributed by atoms with Gasteiger partial charge in [-0.2, -0.15) is 11.8 Å². The summed E-state index contributed by atoms with van der Waals surface area (Å²) in [6.45, 7) is 5.46. The summed E-state index contributed by atoms with van der Waals surface area (Å²) in [4.78, 5) is 35.3. The number of ketones is 1. The highest BCUT2D eigenvalue weighted by Crippen LogP contribution is 2.20. The first-order valence-electron chi connectivity index (χ1n) is 9.21. The van der Waals surface area contributed by atoms with E-state index in [0.717, 1.165) is 22.6 Å². The van der Waals surface area contributed by atoms with Gasteiger partial charge in [0, 0.05) is 23.4 Å². The molecular weight excluding hydrogens is 372 g/mol. The van der Waals surface area contributed by atoms with Gasteiger partial charge in [0.05, 0.1) is 5.75 Å². The third kappa shape index (κ3) is 6.85. The van der Waals surface area contributed by atoms with Crippen molar-refractivity contribution >= 4 is 40.7 Å². The summed E-state index contributed by atoms with van der Waals surface area (Å²) in [6.07, 6.45) is 1.14. The van der Waals surface area contributed by atoms with Gasteiger partial charge in [-0.15, -0.1) is 0 Å². The third-order valence-electron chi connectivity index (χ3n) is 4.25. The maximum atomic E-state index is 12.1. The van der Waals surface area contributed by atoms with Crippen molar-refractivity contribution in [3.8, 4) is 0 Å². The number of para-hydroxylation sites is 1. The van der Waals surface area contributed by atoms with E-state index in [1.165, 1.54) is 18.7 Å². The van der Waals surface area contributed by atoms with E-state index in [2.05, 4.69) is 10.6 Å². The van der Waals surface area contributed by atoms with Crippen LogP contribution < -0.4 is 10.6 Å². The molecule has 0 saturated carbocycles. The number of rotatable bonds is 9. The number of anilines is 2. The zero-order valence-electron chi connectivity index (χ0n) is 16.5. The molecule has 2 rings (SSSR count). The highest BCUT2D eigenvalue weighted by atomic mass is 32.2. The summed E-state index contributed by atoms with van der Waals surface area (Å²) in [5.74, 6) is 0.952. The fraction of sp³-hybridized carbons (Fsp3) is 0.318. The van der Waals surface area contributed by atoms with E-state index >= 15 is 0 Å². The smallest absolute Gasteiger partial charge is 0.234 e. The van der Waals surface area contributed by atoms with E-state index in [9.17, 15) is 14.4 Å². The molecule has 0 fully saturated rings. The molecule has 0 atom stereocenters. The molecule has 0 unspecified atom stereocenters. The molecule has 6 heteroatoms. The van der Waals surface area contributed by atoms with Crippen LogP contribution in [-0.2, 0) is 9.59 Å². The van der Waals surface area contributed by atoms with Crippen molar-refractivity contribution in [2.45, 2.75) is 33.6 Å². The van der Waals surface area contributed by atoms with Crippen LogP contribution in [-0.4, -0.2) is 29.1 Å². The van der Waals surface area contributed by atoms with Gasteiger partial charge in [0.25, 0.3) is 0 Å². The van der Waals surface area contributed by atoms with Crippen molar-refractivity contribution in [3.63, 3.8) is 0 Å². The molecule has 5 nitrogen and oxygen atoms in total. The molecule has 148 valence electrons. The second-order valence-electron chi connectivity index (χ2n) is 6.65. The zero-order chi connectivity index (χ0) is 20.5. The lowest BCUT2D eigenvalue weighted by atomic mass is 10.1. The van der Waals surface area contributed by atoms with Crippen molar-refractivity contribution in [1.29, 1.82) is 0 Å². The molecule has 0 spiro atoms. The van der Waals surface area contributed by atoms with Gasteiger partial charge in [-0.3, -0.25) is 14.4 Å². The van der Waals surface area contributed by atoms with Crippen LogP contribution in [0.5, 0.6) is 0 Å². The van der Waals surface area contributed by atoms with Gasteiger partial charge in [-0.05, 0) is 68.3 Å². The number of benzene rings is 2. The molecular formula is C22H26N2O3S. The Morgan fingerprint density at radius 1 is 0.893 bits per heavy atom. The maximum Gasteiger partial charge on any atom is 0.234 e. The van der Waals surface area contributed by atoms with Gasteiger partial charge >= 0.3 is 0 Å². The van der Waals surface area contributed by atoms with Crippen LogP contribution in [0.25, 0.3) is 0 Å². The second kappa shape index (κ2) is 10.7. The molecule has 0 aliphatic rings. The number of Topliss-reactive ketones (excluding diaryl/α,β-unsaturated/α-hetero) is 1. The van der Waals surface area contributed by atoms with Crippen LogP contribution in [0.4, 0.5) is 11.4 Å². The SMILES string of the molecule is CC(=O)c1ccc(NC(=O)CSCCCC(=O)Nc2c(C)cccc2C)cc1. The van der Waals surface area contributed by atoms with Crippen molar-refractivity contribution in [3.05, 3.63) is 59.2 Å². The number of aryl methyl sites for hydroxylation is 2. The second-order valence-corrected chi connectivity index (χ2v) is 7.76. The van der Waals surface area contributed by atoms with Gasteiger partial charge in [-0.1, -0.05) is 18.2 Å². The number of amides is 2. The van der Waals surface area contributed by atoms with Crippen molar-refractivity contribution in [2.24, 2.45) is 0 Å². The average molecular weight is 399 g/mol. The van der Waals surface area contributed by atoms with Crippen LogP contribution in [0.2, 0.25) is 0 Å². The number of nitrogens with one attached hydrogen (secondary N) is 2. The molecule has 0 radical (unpaired) electrons. The average Bonchev–Trinajstić information content (AvgIpc) is 2.65. The first-order chi connectivity index (χ1) is 13.4. The lowest BCUT2D eigenvalue weighted by Gasteiger charge is -2.11. The van der Waals surface area contributed by atoms with E-state index in [0.29, 0.717) is 29.8 Å². The Balaban J connectivity index is 1.65. The fourth-order valence-corrected chi connectivity index (χ4v) is 3.45. The van der Waals surface area contributed by atoms with E-state index in [-0.39, 0.29) is 17.6 Å². The molecule has 28 heavy (non-hydrogen) atoms. The Bertz CT molecular complexity index is 827. The summed E-state index contributed by atoms with van der Waals surface area (Å²) < 4.78 is 0. The van der Waals surface area contributed by atoms with Gasteiger partial charge in [0.2, 0.25) is 11.8 Å². The molecule has 0 aliphatic heterocycles. The first kappa shape index (κ1) is 21.7. The minimum absolute atomic E-state index is 0.00458. The minimum atomic E-state index is -0.0967. The predicted octanol–water partition coefficient (Wildman–Crippen LogP) is 4.60. The lowest BCUT2D eigenvalue weighted by molar-refractivity contribution is -0.116. The van der Waals surface area contributed by atoms with E-state index in [1.807, 2.05) is 32.0 Å². The quantitative estimate of drug-likeness (QED) is 0.478. The maximum absolute atomic E-state index is 12.1. The lowest BCUT2D eigenvalue weighted by Crippen LogP contribution is -2.15. The van der Waals surface area contributed by atoms with Crippen molar-refractivity contribution in [2.75, 3.05) is 22.1 Å². The van der Waals surface area contributed by atoms with Crippen molar-refractivity contribution < 1.29 is 14.4 Å². The summed E-state index contributed by atoms with van der Waals surface area (Å²) in [5.41, 5.74) is 4.27. The first-order valence-corrected chi connectivity index (χ1v) is 10.4. The molecule has 0 bridgehead atoms. The van der Waals surface area contributed by atoms with Crippen LogP contribution >= 0.6 is 11.8 Å². The van der Waals surface area contributed by atoms with E-state index in [1.54, 1.807) is 24.3 Å². The Kier molecular flexibility index (Phi) is 8.26. The molecule has 2 aromatic rings. The topological polar surface area (TPSA) is 75.3 Å². The van der Waals surface area contributed by atoms with Crippen LogP contribution in [0.3, 0.4) is 0 Å². The van der Waals surface area contributed by atoms with Crippen LogP contribution in [0.15, 0.2) is 42.5 Å². The number of carbonyl (C=O) groups excluding carboxylic acids is 3. The Morgan fingerprint density at radius 3 is 2.14 bits per heavy atom. The van der Waals surface area contributed by atoms with Gasteiger partial charge < -0.3 is 10.6 Å². The van der Waals surface area contributed by atoms with E-state index in [4.69, 9.17) is 0 Å². The van der Waals surface area contributed by atoms with Gasteiger partial charge in [0.1, 0.15) is 0 Å². The fourth-order valence-electron chi connectivity index (χ4n) is 2.70. The highest BCUT2D eigenvalue weighted by molar-refractivity contribution is 7.99. The molecule has 2 N–H and O–H groups in total. The Labute approximate surface area is 170 Å². The minimum Gasteiger partial charge on any atom is -0.326 e. The van der Waals surface area contributed by atoms with Gasteiger partial charge in [-0.25, -0.2) is 0 Å². The van der Waals surface area contributed by atoms with Crippen LogP contribution in [0.1, 0.15) is 41.3 Å². The standard InChI is InChI=1S/C22H26N2O3S/c1-15-6-4-7-16(2)22(15)24-20(26)8-5-13-28-14-21(27)23-19-11-9-18(10-12-19)17(3)25/h4,6-7,9-12H,5,8,13-14H2,1-3H3,(H,23,27)(H,24,26). The highest BCUT2D eigenvalue weighted by Gasteiger charge is 2.08. The zero-order valence-corrected chi connectivity index (χ0v) is 17.3. The molecule has 0 heterocycles. The molecule has 2 aromatic carbocycles.